The zero-order valence-electron chi connectivity index (χ0n) is 54.4. The van der Waals surface area contributed by atoms with E-state index in [4.69, 9.17) is 9.97 Å². The van der Waals surface area contributed by atoms with Crippen molar-refractivity contribution in [2.24, 2.45) is 0 Å². The van der Waals surface area contributed by atoms with Crippen LogP contribution < -0.4 is 0 Å². The summed E-state index contributed by atoms with van der Waals surface area (Å²) in [5.41, 5.74) is 32.6. The molecule has 0 saturated heterocycles. The van der Waals surface area contributed by atoms with E-state index in [1.165, 1.54) is 116 Å². The van der Waals surface area contributed by atoms with Gasteiger partial charge in [-0.1, -0.05) is 236 Å². The smallest absolute Gasteiger partial charge is 0.237 e. The third-order valence-electron chi connectivity index (χ3n) is 22.3. The van der Waals surface area contributed by atoms with Crippen LogP contribution in [0.4, 0.5) is 0 Å². The Bertz CT molecular complexity index is 5990. The molecule has 3 aliphatic carbocycles. The first kappa shape index (κ1) is 54.9. The molecule has 454 valence electrons. The largest absolute Gasteiger partial charge is 0.309 e. The Balaban J connectivity index is 0.744. The number of hydrogen-bond donors (Lipinski definition) is 0. The van der Waals surface area contributed by atoms with E-state index < -0.39 is 0 Å². The lowest BCUT2D eigenvalue weighted by atomic mass is 9.82. The maximum absolute atomic E-state index is 5.75. The van der Waals surface area contributed by atoms with Gasteiger partial charge in [0.2, 0.25) is 5.95 Å². The molecule has 0 atom stereocenters. The van der Waals surface area contributed by atoms with Crippen molar-refractivity contribution in [1.82, 2.24) is 23.7 Å². The second kappa shape index (κ2) is 19.7. The van der Waals surface area contributed by atoms with Gasteiger partial charge in [-0.25, -0.2) is 4.98 Å². The van der Waals surface area contributed by atoms with E-state index in [0.717, 1.165) is 72.0 Å². The molecule has 0 aliphatic heterocycles. The zero-order chi connectivity index (χ0) is 64.1. The number of fused-ring (bicyclic) bond motifs is 18. The molecule has 5 heteroatoms. The van der Waals surface area contributed by atoms with E-state index >= 15 is 0 Å². The van der Waals surface area contributed by atoms with E-state index in [1.54, 1.807) is 0 Å². The molecule has 13 aromatic carbocycles. The van der Waals surface area contributed by atoms with Crippen molar-refractivity contribution in [2.75, 3.05) is 0 Å². The number of rotatable bonds is 7. The Morgan fingerprint density at radius 1 is 0.229 bits per heavy atom. The van der Waals surface area contributed by atoms with E-state index in [2.05, 4.69) is 340 Å². The third kappa shape index (κ3) is 7.68. The quantitative estimate of drug-likeness (QED) is 0.160. The molecule has 0 spiro atoms. The number of hydrogen-bond acceptors (Lipinski definition) is 2. The predicted molar refractivity (Wildman–Crippen MR) is 399 cm³/mol. The summed E-state index contributed by atoms with van der Waals surface area (Å²) in [6.45, 7) is 14.1. The SMILES string of the molecule is CC1(C)c2ccccc2-c2cc(-c3ccc4c(c3)c3ccccc3n4-c3ccc(-c4cc(-n5c6ccccc6c6cc(-c7ccc8c(c7)-c7ccccc7C8(C)C)ccc65)nc(-n5c6ccccc6c6cc(-c7ccc8c(c7)-c7ccccc7C8(C)C)ccc65)n4)cc3)ccc21. The lowest BCUT2D eigenvalue weighted by Gasteiger charge is -2.21. The van der Waals surface area contributed by atoms with Crippen LogP contribution >= 0.6 is 0 Å². The molecule has 4 heterocycles. The summed E-state index contributed by atoms with van der Waals surface area (Å²) in [5, 5.41) is 7.06. The molecule has 20 rings (SSSR count). The first-order valence-electron chi connectivity index (χ1n) is 33.7. The monoisotopic (exact) mass is 1230 g/mol. The van der Waals surface area contributed by atoms with Crippen molar-refractivity contribution >= 4 is 65.4 Å². The molecule has 5 nitrogen and oxygen atoms in total. The van der Waals surface area contributed by atoms with Gasteiger partial charge in [0.15, 0.2) is 0 Å². The highest BCUT2D eigenvalue weighted by molar-refractivity contribution is 6.13. The fourth-order valence-corrected chi connectivity index (χ4v) is 17.5. The van der Waals surface area contributed by atoms with Gasteiger partial charge < -0.3 is 4.57 Å². The molecule has 0 saturated carbocycles. The molecule has 0 unspecified atom stereocenters. The number of benzene rings is 13. The summed E-state index contributed by atoms with van der Waals surface area (Å²) in [6, 6.07) is 106. The molecule has 0 amide bonds. The highest BCUT2D eigenvalue weighted by atomic mass is 15.2. The van der Waals surface area contributed by atoms with Crippen LogP contribution in [0.25, 0.3) is 161 Å². The second-order valence-corrected chi connectivity index (χ2v) is 28.5. The van der Waals surface area contributed by atoms with E-state index in [1.807, 2.05) is 0 Å². The van der Waals surface area contributed by atoms with Gasteiger partial charge in [0, 0.05) is 65.9 Å². The number of para-hydroxylation sites is 3. The van der Waals surface area contributed by atoms with Crippen LogP contribution in [0, 0.1) is 0 Å². The van der Waals surface area contributed by atoms with E-state index in [0.29, 0.717) is 5.95 Å². The van der Waals surface area contributed by atoms with Crippen molar-refractivity contribution in [2.45, 2.75) is 57.8 Å². The highest BCUT2D eigenvalue weighted by Crippen LogP contribution is 2.53. The molecule has 0 fully saturated rings. The topological polar surface area (TPSA) is 40.6 Å². The van der Waals surface area contributed by atoms with Gasteiger partial charge in [-0.2, -0.15) is 4.98 Å². The van der Waals surface area contributed by atoms with Gasteiger partial charge in [-0.3, -0.25) is 9.13 Å². The van der Waals surface area contributed by atoms with Crippen LogP contribution in [-0.2, 0) is 16.2 Å². The molecule has 0 N–H and O–H groups in total. The third-order valence-corrected chi connectivity index (χ3v) is 22.3. The predicted octanol–water partition coefficient (Wildman–Crippen LogP) is 23.4. The van der Waals surface area contributed by atoms with Gasteiger partial charge in [0.1, 0.15) is 5.82 Å². The summed E-state index contributed by atoms with van der Waals surface area (Å²) in [5.74, 6) is 1.38. The van der Waals surface area contributed by atoms with Crippen molar-refractivity contribution < 1.29 is 0 Å². The zero-order valence-corrected chi connectivity index (χ0v) is 54.4. The Hall–Kier alpha value is -11.7. The normalized spacial score (nSPS) is 14.4. The number of nitrogens with zero attached hydrogens (tertiary/aromatic N) is 5. The average molecular weight is 1230 g/mol. The molecular weight excluding hydrogens is 1160 g/mol. The Kier molecular flexibility index (Phi) is 11.3. The van der Waals surface area contributed by atoms with Gasteiger partial charge in [-0.15, -0.1) is 0 Å². The minimum Gasteiger partial charge on any atom is -0.309 e. The van der Waals surface area contributed by atoms with Gasteiger partial charge in [-0.05, 0) is 185 Å². The van der Waals surface area contributed by atoms with Gasteiger partial charge in [0.25, 0.3) is 0 Å². The van der Waals surface area contributed by atoms with Crippen LogP contribution in [-0.4, -0.2) is 23.7 Å². The summed E-state index contributed by atoms with van der Waals surface area (Å²) in [7, 11) is 0. The maximum atomic E-state index is 5.75. The van der Waals surface area contributed by atoms with Crippen molar-refractivity contribution in [3.8, 4) is 95.5 Å². The lowest BCUT2D eigenvalue weighted by Crippen LogP contribution is -2.14. The fourth-order valence-electron chi connectivity index (χ4n) is 17.5. The summed E-state index contributed by atoms with van der Waals surface area (Å²) < 4.78 is 7.05. The van der Waals surface area contributed by atoms with Crippen LogP contribution in [0.15, 0.2) is 285 Å². The Labute approximate surface area is 557 Å². The molecule has 3 aliphatic rings. The highest BCUT2D eigenvalue weighted by Gasteiger charge is 2.38. The van der Waals surface area contributed by atoms with Crippen molar-refractivity contribution in [1.29, 1.82) is 0 Å². The van der Waals surface area contributed by atoms with Crippen molar-refractivity contribution in [3.05, 3.63) is 318 Å². The summed E-state index contributed by atoms with van der Waals surface area (Å²) in [4.78, 5) is 11.4. The summed E-state index contributed by atoms with van der Waals surface area (Å²) in [6.07, 6.45) is 0. The van der Waals surface area contributed by atoms with E-state index in [9.17, 15) is 0 Å². The van der Waals surface area contributed by atoms with Gasteiger partial charge >= 0.3 is 0 Å². The van der Waals surface area contributed by atoms with Crippen LogP contribution in [0.1, 0.15) is 74.9 Å². The van der Waals surface area contributed by atoms with Gasteiger partial charge in [0.05, 0.1) is 38.8 Å². The molecule has 0 radical (unpaired) electrons. The summed E-state index contributed by atoms with van der Waals surface area (Å²) >= 11 is 0. The standard InChI is InChI=1S/C91H65N5/c1-89(2)74-25-13-7-19-62(74)68-47-55(33-41-77(68)89)58-36-44-84-71(50-58)65-22-10-16-28-81(65)94(84)61-39-31-54(32-40-61)80-53-87(95-82-29-17-11-23-66(82)72-51-59(37-45-85(72)95)56-34-42-78-69(48-56)63-20-8-14-26-75(63)90(78,3)4)93-88(92-80)96-83-30-18-12-24-67(83)73-52-60(38-46-86(73)96)57-35-43-79-70(49-57)64-21-9-15-27-76(64)91(79,5)6/h7-53H,1-6H3. The second-order valence-electron chi connectivity index (χ2n) is 28.5. The van der Waals surface area contributed by atoms with Crippen molar-refractivity contribution in [3.63, 3.8) is 0 Å². The maximum Gasteiger partial charge on any atom is 0.237 e. The first-order valence-corrected chi connectivity index (χ1v) is 33.7. The first-order chi connectivity index (χ1) is 46.8. The molecular formula is C91H65N5. The van der Waals surface area contributed by atoms with Crippen LogP contribution in [0.5, 0.6) is 0 Å². The molecule has 96 heavy (non-hydrogen) atoms. The average Bonchev–Trinajstić information content (AvgIpc) is 1.58. The molecule has 0 bridgehead atoms. The minimum atomic E-state index is -0.0678. The Morgan fingerprint density at radius 3 is 0.979 bits per heavy atom. The molecule has 17 aromatic rings. The Morgan fingerprint density at radius 2 is 0.542 bits per heavy atom. The van der Waals surface area contributed by atoms with E-state index in [-0.39, 0.29) is 16.2 Å². The van der Waals surface area contributed by atoms with Crippen LogP contribution in [0.2, 0.25) is 0 Å². The molecule has 4 aromatic heterocycles. The minimum absolute atomic E-state index is 0.0440. The fraction of sp³-hybridized carbons (Fsp3) is 0.0989. The lowest BCUT2D eigenvalue weighted by molar-refractivity contribution is 0.660. The van der Waals surface area contributed by atoms with Crippen LogP contribution in [0.3, 0.4) is 0 Å². The number of aromatic nitrogens is 5.